The van der Waals surface area contributed by atoms with Gasteiger partial charge in [0.2, 0.25) is 0 Å². The number of hydrogen-bond donors (Lipinski definition) is 1. The normalized spacial score (nSPS) is 12.2. The van der Waals surface area contributed by atoms with Crippen LogP contribution in [0.1, 0.15) is 34.5 Å². The number of nitriles is 1. The lowest BCUT2D eigenvalue weighted by molar-refractivity contribution is 0.0940. The fourth-order valence-electron chi connectivity index (χ4n) is 2.10. The van der Waals surface area contributed by atoms with Gasteiger partial charge in [-0.15, -0.1) is 0 Å². The molecule has 5 nitrogen and oxygen atoms in total. The standard InChI is InChI=1S/C17H16N2O3S/c1-12(14-6-8-16(9-7-14)23(2,21)22)19-17(20)15-5-3-4-13(10-15)11-18/h3-10,12H,1-2H3,(H,19,20)/t12-/m1/s1. The largest absolute Gasteiger partial charge is 0.346 e. The minimum Gasteiger partial charge on any atom is -0.346 e. The molecular formula is C17H16N2O3S. The van der Waals surface area contributed by atoms with Gasteiger partial charge in [-0.3, -0.25) is 4.79 Å². The maximum atomic E-state index is 12.2. The van der Waals surface area contributed by atoms with Crippen LogP contribution < -0.4 is 5.32 Å². The van der Waals surface area contributed by atoms with Crippen LogP contribution in [0.2, 0.25) is 0 Å². The molecule has 1 atom stereocenters. The number of amides is 1. The van der Waals surface area contributed by atoms with Gasteiger partial charge in [-0.2, -0.15) is 5.26 Å². The fraction of sp³-hybridized carbons (Fsp3) is 0.176. The van der Waals surface area contributed by atoms with Crippen LogP contribution in [0.4, 0.5) is 0 Å². The zero-order valence-corrected chi connectivity index (χ0v) is 13.6. The molecular weight excluding hydrogens is 312 g/mol. The Balaban J connectivity index is 2.13. The lowest BCUT2D eigenvalue weighted by Crippen LogP contribution is -2.26. The second-order valence-electron chi connectivity index (χ2n) is 5.23. The average molecular weight is 328 g/mol. The van der Waals surface area contributed by atoms with Gasteiger partial charge in [-0.1, -0.05) is 18.2 Å². The monoisotopic (exact) mass is 328 g/mol. The van der Waals surface area contributed by atoms with Gasteiger partial charge in [0, 0.05) is 11.8 Å². The smallest absolute Gasteiger partial charge is 0.251 e. The van der Waals surface area contributed by atoms with Gasteiger partial charge in [-0.05, 0) is 42.8 Å². The summed E-state index contributed by atoms with van der Waals surface area (Å²) < 4.78 is 22.9. The number of nitrogens with zero attached hydrogens (tertiary/aromatic N) is 1. The first-order valence-corrected chi connectivity index (χ1v) is 8.81. The van der Waals surface area contributed by atoms with Crippen LogP contribution in [0.3, 0.4) is 0 Å². The summed E-state index contributed by atoms with van der Waals surface area (Å²) in [5.41, 5.74) is 1.62. The fourth-order valence-corrected chi connectivity index (χ4v) is 2.73. The van der Waals surface area contributed by atoms with E-state index in [0.29, 0.717) is 11.1 Å². The topological polar surface area (TPSA) is 87.0 Å². The molecule has 1 amide bonds. The Hall–Kier alpha value is -2.65. The molecule has 0 radical (unpaired) electrons. The third-order valence-electron chi connectivity index (χ3n) is 3.41. The summed E-state index contributed by atoms with van der Waals surface area (Å²) in [6, 6.07) is 14.5. The molecule has 0 aromatic heterocycles. The van der Waals surface area contributed by atoms with Crippen LogP contribution in [0.15, 0.2) is 53.4 Å². The summed E-state index contributed by atoms with van der Waals surface area (Å²) in [7, 11) is -3.24. The molecule has 2 aromatic carbocycles. The molecule has 0 aliphatic carbocycles. The van der Waals surface area contributed by atoms with Crippen LogP contribution >= 0.6 is 0 Å². The van der Waals surface area contributed by atoms with Crippen molar-refractivity contribution in [1.82, 2.24) is 5.32 Å². The van der Waals surface area contributed by atoms with Crippen molar-refractivity contribution in [2.75, 3.05) is 6.26 Å². The molecule has 0 saturated heterocycles. The summed E-state index contributed by atoms with van der Waals surface area (Å²) in [6.07, 6.45) is 1.15. The minimum atomic E-state index is -3.24. The van der Waals surface area contributed by atoms with E-state index < -0.39 is 9.84 Å². The molecule has 118 valence electrons. The number of rotatable bonds is 4. The van der Waals surface area contributed by atoms with Crippen molar-refractivity contribution in [3.63, 3.8) is 0 Å². The first-order chi connectivity index (χ1) is 10.8. The van der Waals surface area contributed by atoms with E-state index in [1.807, 2.05) is 13.0 Å². The molecule has 0 fully saturated rings. The zero-order chi connectivity index (χ0) is 17.0. The maximum Gasteiger partial charge on any atom is 0.251 e. The molecule has 2 rings (SSSR count). The molecule has 0 aliphatic heterocycles. The zero-order valence-electron chi connectivity index (χ0n) is 12.8. The molecule has 0 spiro atoms. The van der Waals surface area contributed by atoms with E-state index in [1.165, 1.54) is 18.2 Å². The Morgan fingerprint density at radius 2 is 1.83 bits per heavy atom. The summed E-state index contributed by atoms with van der Waals surface area (Å²) in [5, 5.41) is 11.7. The first-order valence-electron chi connectivity index (χ1n) is 6.92. The molecule has 6 heteroatoms. The number of benzene rings is 2. The highest BCUT2D eigenvalue weighted by atomic mass is 32.2. The number of sulfone groups is 1. The predicted octanol–water partition coefficient (Wildman–Crippen LogP) is 2.45. The van der Waals surface area contributed by atoms with E-state index in [0.717, 1.165) is 11.8 Å². The number of nitrogens with one attached hydrogen (secondary N) is 1. The Morgan fingerprint density at radius 3 is 2.39 bits per heavy atom. The van der Waals surface area contributed by atoms with Crippen molar-refractivity contribution in [2.45, 2.75) is 17.9 Å². The first kappa shape index (κ1) is 16.7. The SMILES string of the molecule is C[C@@H](NC(=O)c1cccc(C#N)c1)c1ccc(S(C)(=O)=O)cc1. The number of hydrogen-bond acceptors (Lipinski definition) is 4. The number of carbonyl (C=O) groups excluding carboxylic acids is 1. The minimum absolute atomic E-state index is 0.237. The molecule has 0 unspecified atom stereocenters. The van der Waals surface area contributed by atoms with Gasteiger partial charge < -0.3 is 5.32 Å². The van der Waals surface area contributed by atoms with Crippen molar-refractivity contribution in [1.29, 1.82) is 5.26 Å². The summed E-state index contributed by atoms with van der Waals surface area (Å²) in [6.45, 7) is 1.81. The average Bonchev–Trinajstić information content (AvgIpc) is 2.54. The molecule has 0 aliphatic rings. The van der Waals surface area contributed by atoms with Crippen molar-refractivity contribution < 1.29 is 13.2 Å². The van der Waals surface area contributed by atoms with Crippen LogP contribution in [0.25, 0.3) is 0 Å². The number of carbonyl (C=O) groups is 1. The Morgan fingerprint density at radius 1 is 1.17 bits per heavy atom. The van der Waals surface area contributed by atoms with E-state index in [1.54, 1.807) is 30.3 Å². The summed E-state index contributed by atoms with van der Waals surface area (Å²) in [5.74, 6) is -0.290. The van der Waals surface area contributed by atoms with Crippen molar-refractivity contribution in [3.8, 4) is 6.07 Å². The van der Waals surface area contributed by atoms with Crippen LogP contribution in [-0.4, -0.2) is 20.6 Å². The van der Waals surface area contributed by atoms with Crippen molar-refractivity contribution in [3.05, 3.63) is 65.2 Å². The van der Waals surface area contributed by atoms with E-state index in [-0.39, 0.29) is 16.8 Å². The molecule has 1 N–H and O–H groups in total. The highest BCUT2D eigenvalue weighted by molar-refractivity contribution is 7.90. The Bertz CT molecular complexity index is 865. The van der Waals surface area contributed by atoms with Crippen molar-refractivity contribution >= 4 is 15.7 Å². The van der Waals surface area contributed by atoms with Gasteiger partial charge >= 0.3 is 0 Å². The second-order valence-corrected chi connectivity index (χ2v) is 7.24. The predicted molar refractivity (Wildman–Crippen MR) is 86.6 cm³/mol. The Labute approximate surface area is 135 Å². The molecule has 0 saturated carbocycles. The lowest BCUT2D eigenvalue weighted by atomic mass is 10.1. The molecule has 0 bridgehead atoms. The van der Waals surface area contributed by atoms with Gasteiger partial charge in [-0.25, -0.2) is 8.42 Å². The quantitative estimate of drug-likeness (QED) is 0.934. The van der Waals surface area contributed by atoms with E-state index >= 15 is 0 Å². The highest BCUT2D eigenvalue weighted by Gasteiger charge is 2.13. The van der Waals surface area contributed by atoms with Crippen LogP contribution in [0.5, 0.6) is 0 Å². The van der Waals surface area contributed by atoms with E-state index in [4.69, 9.17) is 5.26 Å². The van der Waals surface area contributed by atoms with Gasteiger partial charge in [0.1, 0.15) is 0 Å². The summed E-state index contributed by atoms with van der Waals surface area (Å²) >= 11 is 0. The van der Waals surface area contributed by atoms with E-state index in [9.17, 15) is 13.2 Å². The second kappa shape index (κ2) is 6.63. The van der Waals surface area contributed by atoms with Crippen LogP contribution in [-0.2, 0) is 9.84 Å². The van der Waals surface area contributed by atoms with E-state index in [2.05, 4.69) is 5.32 Å². The van der Waals surface area contributed by atoms with Crippen molar-refractivity contribution in [2.24, 2.45) is 0 Å². The Kier molecular flexibility index (Phi) is 4.82. The van der Waals surface area contributed by atoms with Crippen LogP contribution in [0, 0.1) is 11.3 Å². The maximum absolute atomic E-state index is 12.2. The van der Waals surface area contributed by atoms with Gasteiger partial charge in [0.05, 0.1) is 22.6 Å². The van der Waals surface area contributed by atoms with Gasteiger partial charge in [0.25, 0.3) is 5.91 Å². The molecule has 23 heavy (non-hydrogen) atoms. The molecule has 2 aromatic rings. The third-order valence-corrected chi connectivity index (χ3v) is 4.54. The summed E-state index contributed by atoms with van der Waals surface area (Å²) in [4.78, 5) is 12.4. The molecule has 0 heterocycles. The van der Waals surface area contributed by atoms with Gasteiger partial charge in [0.15, 0.2) is 9.84 Å². The lowest BCUT2D eigenvalue weighted by Gasteiger charge is -2.15. The third kappa shape index (κ3) is 4.18. The highest BCUT2D eigenvalue weighted by Crippen LogP contribution is 2.17.